The number of esters is 1. The topological polar surface area (TPSA) is 76.1 Å². The first-order chi connectivity index (χ1) is 28.0. The third-order valence-corrected chi connectivity index (χ3v) is 12.9. The lowest BCUT2D eigenvalue weighted by Gasteiger charge is -2.38. The molecule has 4 atom stereocenters. The fraction of sp³-hybridized carbons (Fsp3) is 0.961. The van der Waals surface area contributed by atoms with E-state index >= 15 is 0 Å². The van der Waals surface area contributed by atoms with Gasteiger partial charge in [0.25, 0.3) is 0 Å². The van der Waals surface area contributed by atoms with E-state index in [9.17, 15) is 14.7 Å². The second-order valence-corrected chi connectivity index (χ2v) is 18.2. The monoisotopic (exact) mass is 806 g/mol. The van der Waals surface area contributed by atoms with E-state index in [1.807, 2.05) is 0 Å². The van der Waals surface area contributed by atoms with Gasteiger partial charge in [-0.2, -0.15) is 0 Å². The smallest absolute Gasteiger partial charge is 0.308 e. The highest BCUT2D eigenvalue weighted by atomic mass is 16.5. The van der Waals surface area contributed by atoms with Crippen LogP contribution in [0.2, 0.25) is 0 Å². The van der Waals surface area contributed by atoms with Crippen LogP contribution in [0.25, 0.3) is 0 Å². The zero-order chi connectivity index (χ0) is 41.4. The highest BCUT2D eigenvalue weighted by Crippen LogP contribution is 2.25. The number of rotatable bonds is 43. The molecule has 57 heavy (non-hydrogen) atoms. The van der Waals surface area contributed by atoms with E-state index < -0.39 is 0 Å². The Morgan fingerprint density at radius 1 is 0.509 bits per heavy atom. The average molecular weight is 806 g/mol. The normalized spacial score (nSPS) is 16.9. The number of Topliss-reactive ketones (excluding diaryl/α,β-unsaturated/α-hetero) is 1. The summed E-state index contributed by atoms with van der Waals surface area (Å²) in [4.78, 5) is 28.8. The van der Waals surface area contributed by atoms with Gasteiger partial charge in [-0.25, -0.2) is 0 Å². The third-order valence-electron chi connectivity index (χ3n) is 12.9. The molecule has 0 saturated heterocycles. The molecule has 0 aromatic rings. The van der Waals surface area contributed by atoms with Crippen LogP contribution in [0.3, 0.4) is 0 Å². The van der Waals surface area contributed by atoms with Crippen molar-refractivity contribution >= 4 is 11.8 Å². The van der Waals surface area contributed by atoms with Gasteiger partial charge >= 0.3 is 5.97 Å². The second kappa shape index (κ2) is 40.4. The molecule has 1 fully saturated rings. The predicted molar refractivity (Wildman–Crippen MR) is 244 cm³/mol. The molecule has 4 unspecified atom stereocenters. The first kappa shape index (κ1) is 54.0. The molecule has 1 saturated carbocycles. The molecular weight excluding hydrogens is 707 g/mol. The van der Waals surface area contributed by atoms with Crippen molar-refractivity contribution in [2.75, 3.05) is 32.9 Å². The summed E-state index contributed by atoms with van der Waals surface area (Å²) >= 11 is 0. The number of unbranched alkanes of at least 4 members (excludes halogenated alkanes) is 22. The van der Waals surface area contributed by atoms with Crippen LogP contribution >= 0.6 is 0 Å². The van der Waals surface area contributed by atoms with E-state index in [1.54, 1.807) is 0 Å². The summed E-state index contributed by atoms with van der Waals surface area (Å²) in [7, 11) is 0. The molecule has 0 heterocycles. The van der Waals surface area contributed by atoms with Gasteiger partial charge in [-0.3, -0.25) is 14.5 Å². The molecular formula is C51H99NO5. The molecule has 1 N–H and O–H groups in total. The molecule has 0 aliphatic heterocycles. The molecule has 0 aromatic carbocycles. The summed E-state index contributed by atoms with van der Waals surface area (Å²) < 4.78 is 11.8. The Kier molecular flexibility index (Phi) is 38.3. The number of carbonyl (C=O) groups excluding carboxylic acids is 2. The summed E-state index contributed by atoms with van der Waals surface area (Å²) in [5.41, 5.74) is 0. The molecule has 0 aromatic heterocycles. The van der Waals surface area contributed by atoms with Gasteiger partial charge in [0.05, 0.1) is 18.6 Å². The Balaban J connectivity index is 2.36. The number of carbonyl (C=O) groups is 2. The number of ether oxygens (including phenoxy) is 2. The minimum atomic E-state index is -0.202. The zero-order valence-corrected chi connectivity index (χ0v) is 38.8. The van der Waals surface area contributed by atoms with Gasteiger partial charge in [0, 0.05) is 18.6 Å². The van der Waals surface area contributed by atoms with Gasteiger partial charge in [0.15, 0.2) is 5.78 Å². The van der Waals surface area contributed by atoms with E-state index in [1.165, 1.54) is 128 Å². The third kappa shape index (κ3) is 30.7. The highest BCUT2D eigenvalue weighted by Gasteiger charge is 2.28. The molecule has 6 heteroatoms. The van der Waals surface area contributed by atoms with Crippen molar-refractivity contribution in [2.24, 2.45) is 11.8 Å². The van der Waals surface area contributed by atoms with Crippen molar-refractivity contribution in [3.63, 3.8) is 0 Å². The van der Waals surface area contributed by atoms with Gasteiger partial charge in [0.2, 0.25) is 0 Å². The fourth-order valence-electron chi connectivity index (χ4n) is 9.01. The van der Waals surface area contributed by atoms with Gasteiger partial charge in [-0.15, -0.1) is 0 Å². The zero-order valence-electron chi connectivity index (χ0n) is 38.8. The van der Waals surface area contributed by atoms with E-state index in [0.717, 1.165) is 116 Å². The summed E-state index contributed by atoms with van der Waals surface area (Å²) in [6, 6.07) is 0.293. The summed E-state index contributed by atoms with van der Waals surface area (Å²) in [6.07, 6.45) is 42.1. The van der Waals surface area contributed by atoms with Crippen LogP contribution in [-0.2, 0) is 19.1 Å². The number of aliphatic hydroxyl groups excluding tert-OH is 1. The minimum absolute atomic E-state index is 0.0539. The molecule has 0 bridgehead atoms. The molecule has 338 valence electrons. The van der Waals surface area contributed by atoms with Crippen LogP contribution in [0, 0.1) is 11.8 Å². The van der Waals surface area contributed by atoms with E-state index in [4.69, 9.17) is 9.47 Å². The maximum atomic E-state index is 13.1. The number of hydrogen-bond donors (Lipinski definition) is 1. The Labute approximate surface area is 355 Å². The quantitative estimate of drug-likeness (QED) is 0.0489. The number of hydrogen-bond acceptors (Lipinski definition) is 6. The fourth-order valence-corrected chi connectivity index (χ4v) is 9.01. The van der Waals surface area contributed by atoms with Gasteiger partial charge in [-0.1, -0.05) is 195 Å². The standard InChI is InChI=1S/C51H99NO5/c1-5-9-13-17-19-27-36-46(35-25-15-11-7-3)50(54)45-56-43-33-23-21-31-41-52(48-39-29-30-40-49(48)53)42-32-22-24-34-44-57-51(55)47(37-26-16-12-8-4)38-28-20-18-14-10-6-2/h46-49,53H,5-45H2,1-4H3. The summed E-state index contributed by atoms with van der Waals surface area (Å²) in [6.45, 7) is 12.6. The SMILES string of the molecule is CCCCCCCCC(CCCCCC)C(=O)COCCCCCCN(CCCCCCOC(=O)C(CCCCCC)CCCCCCCC)C1CCCCC1O. The van der Waals surface area contributed by atoms with Crippen molar-refractivity contribution in [1.29, 1.82) is 0 Å². The molecule has 0 radical (unpaired) electrons. The minimum Gasteiger partial charge on any atom is -0.465 e. The molecule has 0 spiro atoms. The Morgan fingerprint density at radius 2 is 0.912 bits per heavy atom. The van der Waals surface area contributed by atoms with Crippen LogP contribution in [-0.4, -0.2) is 66.8 Å². The van der Waals surface area contributed by atoms with Crippen molar-refractivity contribution in [2.45, 2.75) is 271 Å². The molecule has 0 amide bonds. The molecule has 1 rings (SSSR count). The van der Waals surface area contributed by atoms with Gasteiger partial charge in [-0.05, 0) is 77.3 Å². The van der Waals surface area contributed by atoms with Crippen LogP contribution in [0.15, 0.2) is 0 Å². The maximum absolute atomic E-state index is 13.1. The van der Waals surface area contributed by atoms with Crippen LogP contribution in [0.5, 0.6) is 0 Å². The van der Waals surface area contributed by atoms with Crippen molar-refractivity contribution in [3.8, 4) is 0 Å². The van der Waals surface area contributed by atoms with Gasteiger partial charge in [0.1, 0.15) is 6.61 Å². The molecule has 1 aliphatic carbocycles. The lowest BCUT2D eigenvalue weighted by Crippen LogP contribution is -2.46. The van der Waals surface area contributed by atoms with Crippen LogP contribution in [0.4, 0.5) is 0 Å². The first-order valence-corrected chi connectivity index (χ1v) is 25.7. The molecule has 1 aliphatic rings. The van der Waals surface area contributed by atoms with E-state index in [-0.39, 0.29) is 23.9 Å². The van der Waals surface area contributed by atoms with Crippen LogP contribution < -0.4 is 0 Å². The first-order valence-electron chi connectivity index (χ1n) is 25.7. The lowest BCUT2D eigenvalue weighted by atomic mass is 9.91. The summed E-state index contributed by atoms with van der Waals surface area (Å²) in [5.74, 6) is 0.665. The highest BCUT2D eigenvalue weighted by molar-refractivity contribution is 5.82. The largest absolute Gasteiger partial charge is 0.465 e. The number of ketones is 1. The second-order valence-electron chi connectivity index (χ2n) is 18.2. The van der Waals surface area contributed by atoms with E-state index in [0.29, 0.717) is 31.6 Å². The number of aliphatic hydroxyl groups is 1. The van der Waals surface area contributed by atoms with Crippen LogP contribution in [0.1, 0.15) is 259 Å². The number of nitrogens with zero attached hydrogens (tertiary/aromatic N) is 1. The van der Waals surface area contributed by atoms with Crippen molar-refractivity contribution < 1.29 is 24.2 Å². The molecule has 6 nitrogen and oxygen atoms in total. The average Bonchev–Trinajstić information content (AvgIpc) is 3.21. The Morgan fingerprint density at radius 3 is 1.42 bits per heavy atom. The summed E-state index contributed by atoms with van der Waals surface area (Å²) in [5, 5.41) is 10.9. The maximum Gasteiger partial charge on any atom is 0.308 e. The lowest BCUT2D eigenvalue weighted by molar-refractivity contribution is -0.149. The predicted octanol–water partition coefficient (Wildman–Crippen LogP) is 14.5. The van der Waals surface area contributed by atoms with Crippen molar-refractivity contribution in [1.82, 2.24) is 4.90 Å². The van der Waals surface area contributed by atoms with Crippen molar-refractivity contribution in [3.05, 3.63) is 0 Å². The van der Waals surface area contributed by atoms with E-state index in [2.05, 4.69) is 32.6 Å². The van der Waals surface area contributed by atoms with Gasteiger partial charge < -0.3 is 14.6 Å². The Bertz CT molecular complexity index is 882. The Hall–Kier alpha value is -0.980.